The normalized spacial score (nSPS) is 20.6. The number of benzene rings is 2. The van der Waals surface area contributed by atoms with E-state index in [1.165, 1.54) is 16.7 Å². The number of rotatable bonds is 9. The zero-order chi connectivity index (χ0) is 29.1. The zero-order valence-corrected chi connectivity index (χ0v) is 25.5. The molecule has 1 aliphatic carbocycles. The molecule has 2 aromatic carbocycles. The molecule has 8 nitrogen and oxygen atoms in total. The molecule has 0 spiro atoms. The average Bonchev–Trinajstić information content (AvgIpc) is 2.96. The van der Waals surface area contributed by atoms with Crippen LogP contribution in [0.1, 0.15) is 63.3 Å². The van der Waals surface area contributed by atoms with E-state index in [2.05, 4.69) is 64.4 Å². The fraction of sp³-hybridized carbons (Fsp3) is 0.548. The summed E-state index contributed by atoms with van der Waals surface area (Å²) < 4.78 is 16.7. The van der Waals surface area contributed by atoms with Gasteiger partial charge in [-0.05, 0) is 55.8 Å². The van der Waals surface area contributed by atoms with Crippen molar-refractivity contribution < 1.29 is 13.8 Å². The zero-order valence-electron chi connectivity index (χ0n) is 24.7. The Labute approximate surface area is 242 Å². The summed E-state index contributed by atoms with van der Waals surface area (Å²) in [6.07, 6.45) is 3.14. The summed E-state index contributed by atoms with van der Waals surface area (Å²) in [5.74, 6) is 0.581. The molecule has 1 heterocycles. The fourth-order valence-electron chi connectivity index (χ4n) is 5.02. The lowest BCUT2D eigenvalue weighted by atomic mass is 9.88. The van der Waals surface area contributed by atoms with Gasteiger partial charge in [-0.3, -0.25) is 14.5 Å². The lowest BCUT2D eigenvalue weighted by molar-refractivity contribution is -0.131. The molecule has 1 saturated heterocycles. The summed E-state index contributed by atoms with van der Waals surface area (Å²) in [5, 5.41) is 5.37. The molecule has 4 rings (SSSR count). The number of hydrogen-bond acceptors (Lipinski definition) is 5. The summed E-state index contributed by atoms with van der Waals surface area (Å²) >= 11 is 0. The molecule has 220 valence electrons. The molecule has 2 aromatic rings. The molecule has 0 aromatic heterocycles. The SMILES string of the molecule is CC(=O)N1CCN(Cc2ccccc2)C[C@H]1S(=O)NC1CCCc2ccccc21.CN[C@@H](C)C(=O)NCC(C)C. The number of piperazine rings is 1. The molecule has 0 saturated carbocycles. The Morgan fingerprint density at radius 2 is 1.73 bits per heavy atom. The Bertz CT molecular complexity index is 1110. The van der Waals surface area contributed by atoms with Crippen molar-refractivity contribution in [2.75, 3.05) is 33.2 Å². The number of amides is 2. The fourth-order valence-corrected chi connectivity index (χ4v) is 6.53. The number of aryl methyl sites for hydroxylation is 1. The largest absolute Gasteiger partial charge is 0.354 e. The highest BCUT2D eigenvalue weighted by Crippen LogP contribution is 2.30. The molecule has 1 fully saturated rings. The predicted molar refractivity (Wildman–Crippen MR) is 163 cm³/mol. The first kappa shape index (κ1) is 31.9. The number of carbonyl (C=O) groups excluding carboxylic acids is 2. The molecule has 0 radical (unpaired) electrons. The Morgan fingerprint density at radius 3 is 2.40 bits per heavy atom. The van der Waals surface area contributed by atoms with E-state index in [4.69, 9.17) is 0 Å². The summed E-state index contributed by atoms with van der Waals surface area (Å²) in [6, 6.07) is 18.7. The third-order valence-electron chi connectivity index (χ3n) is 7.46. The lowest BCUT2D eigenvalue weighted by Gasteiger charge is -2.41. The Hall–Kier alpha value is -2.59. The van der Waals surface area contributed by atoms with Crippen molar-refractivity contribution in [3.8, 4) is 0 Å². The third-order valence-corrected chi connectivity index (χ3v) is 8.87. The van der Waals surface area contributed by atoms with Gasteiger partial charge >= 0.3 is 0 Å². The molecule has 1 aliphatic heterocycles. The van der Waals surface area contributed by atoms with Crippen LogP contribution in [0, 0.1) is 5.92 Å². The number of nitrogens with one attached hydrogen (secondary N) is 3. The van der Waals surface area contributed by atoms with E-state index in [0.717, 1.165) is 38.9 Å². The minimum absolute atomic E-state index is 0.00597. The molecule has 2 aliphatic rings. The monoisotopic (exact) mass is 569 g/mol. The highest BCUT2D eigenvalue weighted by atomic mass is 32.2. The molecular weight excluding hydrogens is 522 g/mol. The van der Waals surface area contributed by atoms with E-state index in [9.17, 15) is 13.8 Å². The van der Waals surface area contributed by atoms with E-state index in [-0.39, 0.29) is 29.3 Å². The van der Waals surface area contributed by atoms with Crippen LogP contribution in [-0.4, -0.2) is 70.5 Å². The van der Waals surface area contributed by atoms with Crippen LogP contribution in [0.15, 0.2) is 54.6 Å². The van der Waals surface area contributed by atoms with Crippen LogP contribution in [0.2, 0.25) is 0 Å². The second-order valence-corrected chi connectivity index (χ2v) is 12.5. The lowest BCUT2D eigenvalue weighted by Crippen LogP contribution is -2.58. The smallest absolute Gasteiger partial charge is 0.236 e. The van der Waals surface area contributed by atoms with Gasteiger partial charge in [0, 0.05) is 45.7 Å². The molecule has 2 unspecified atom stereocenters. The van der Waals surface area contributed by atoms with Gasteiger partial charge in [-0.1, -0.05) is 68.4 Å². The standard InChI is InChI=1S/C23H29N3O2S.C8H18N2O/c1-18(27)26-15-14-25(16-19-8-3-2-4-9-19)17-23(26)29(28)24-22-13-7-11-20-10-5-6-12-21(20)22;1-6(2)5-10-8(11)7(3)9-4/h2-6,8-10,12,22-24H,7,11,13-17H2,1H3;6-7,9H,5H2,1-4H3,(H,10,11)/t22?,23-,29?;7-/m10/s1. The van der Waals surface area contributed by atoms with Crippen molar-refractivity contribution in [1.29, 1.82) is 0 Å². The molecule has 0 bridgehead atoms. The third kappa shape index (κ3) is 9.51. The second-order valence-electron chi connectivity index (χ2n) is 11.1. The van der Waals surface area contributed by atoms with E-state index < -0.39 is 11.0 Å². The van der Waals surface area contributed by atoms with Crippen LogP contribution in [-0.2, 0) is 33.5 Å². The topological polar surface area (TPSA) is 93.8 Å². The Balaban J connectivity index is 0.000000342. The number of nitrogens with zero attached hydrogens (tertiary/aromatic N) is 2. The summed E-state index contributed by atoms with van der Waals surface area (Å²) in [5.41, 5.74) is 3.83. The first-order valence-corrected chi connectivity index (χ1v) is 15.6. The van der Waals surface area contributed by atoms with E-state index >= 15 is 0 Å². The van der Waals surface area contributed by atoms with Crippen LogP contribution in [0.5, 0.6) is 0 Å². The molecular formula is C31H47N5O3S. The number of hydrogen-bond donors (Lipinski definition) is 3. The highest BCUT2D eigenvalue weighted by molar-refractivity contribution is 7.83. The maximum absolute atomic E-state index is 13.4. The van der Waals surface area contributed by atoms with Crippen molar-refractivity contribution in [3.63, 3.8) is 0 Å². The molecule has 40 heavy (non-hydrogen) atoms. The van der Waals surface area contributed by atoms with E-state index in [1.54, 1.807) is 18.9 Å². The molecule has 4 atom stereocenters. The molecule has 3 N–H and O–H groups in total. The summed E-state index contributed by atoms with van der Waals surface area (Å²) in [4.78, 5) is 27.4. The minimum Gasteiger partial charge on any atom is -0.354 e. The van der Waals surface area contributed by atoms with Crippen LogP contribution in [0.4, 0.5) is 0 Å². The van der Waals surface area contributed by atoms with Crippen molar-refractivity contribution in [1.82, 2.24) is 25.2 Å². The first-order chi connectivity index (χ1) is 19.2. The van der Waals surface area contributed by atoms with Crippen LogP contribution < -0.4 is 15.4 Å². The van der Waals surface area contributed by atoms with Gasteiger partial charge in [-0.15, -0.1) is 0 Å². The van der Waals surface area contributed by atoms with Gasteiger partial charge in [0.1, 0.15) is 16.4 Å². The maximum atomic E-state index is 13.4. The number of carbonyl (C=O) groups is 2. The average molecular weight is 570 g/mol. The van der Waals surface area contributed by atoms with Crippen molar-refractivity contribution in [2.24, 2.45) is 5.92 Å². The van der Waals surface area contributed by atoms with Gasteiger partial charge in [0.05, 0.1) is 6.04 Å². The summed E-state index contributed by atoms with van der Waals surface area (Å²) in [7, 11) is 0.450. The van der Waals surface area contributed by atoms with Gasteiger partial charge in [0.25, 0.3) is 0 Å². The number of fused-ring (bicyclic) bond motifs is 1. The Kier molecular flexibility index (Phi) is 12.8. The molecule has 2 amide bonds. The van der Waals surface area contributed by atoms with E-state index in [1.807, 2.05) is 31.2 Å². The van der Waals surface area contributed by atoms with Crippen LogP contribution in [0.3, 0.4) is 0 Å². The van der Waals surface area contributed by atoms with Crippen LogP contribution in [0.25, 0.3) is 0 Å². The second kappa shape index (κ2) is 16.0. The van der Waals surface area contributed by atoms with Gasteiger partial charge in [0.15, 0.2) is 0 Å². The first-order valence-electron chi connectivity index (χ1n) is 14.4. The quantitative estimate of drug-likeness (QED) is 0.431. The summed E-state index contributed by atoms with van der Waals surface area (Å²) in [6.45, 7) is 11.2. The number of likely N-dealkylation sites (N-methyl/N-ethyl adjacent to an activating group) is 1. The van der Waals surface area contributed by atoms with Crippen molar-refractivity contribution in [2.45, 2.75) is 71.0 Å². The highest BCUT2D eigenvalue weighted by Gasteiger charge is 2.34. The van der Waals surface area contributed by atoms with Gasteiger partial charge in [0.2, 0.25) is 11.8 Å². The maximum Gasteiger partial charge on any atom is 0.236 e. The Morgan fingerprint density at radius 1 is 1.02 bits per heavy atom. The van der Waals surface area contributed by atoms with Gasteiger partial charge < -0.3 is 15.5 Å². The predicted octanol–water partition coefficient (Wildman–Crippen LogP) is 3.37. The minimum atomic E-state index is -1.33. The van der Waals surface area contributed by atoms with Crippen molar-refractivity contribution in [3.05, 3.63) is 71.3 Å². The molecule has 9 heteroatoms. The van der Waals surface area contributed by atoms with Crippen molar-refractivity contribution >= 4 is 22.8 Å². The van der Waals surface area contributed by atoms with Gasteiger partial charge in [-0.2, -0.15) is 0 Å². The van der Waals surface area contributed by atoms with Gasteiger partial charge in [-0.25, -0.2) is 8.93 Å². The van der Waals surface area contributed by atoms with E-state index in [0.29, 0.717) is 19.0 Å². The van der Waals surface area contributed by atoms with Crippen LogP contribution >= 0.6 is 0 Å².